The van der Waals surface area contributed by atoms with E-state index in [2.05, 4.69) is 19.2 Å². The van der Waals surface area contributed by atoms with Gasteiger partial charge >= 0.3 is 0 Å². The molecule has 0 aliphatic carbocycles. The zero-order valence-electron chi connectivity index (χ0n) is 20.7. The van der Waals surface area contributed by atoms with Crippen molar-refractivity contribution in [2.75, 3.05) is 6.61 Å². The Labute approximate surface area is 189 Å². The number of carbonyl (C=O) groups excluding carboxylic acids is 1. The summed E-state index contributed by atoms with van der Waals surface area (Å²) in [4.78, 5) is 11.9. The van der Waals surface area contributed by atoms with E-state index in [1.54, 1.807) is 0 Å². The van der Waals surface area contributed by atoms with Gasteiger partial charge in [0.25, 0.3) is 0 Å². The number of hydrogen-bond donors (Lipinski definition) is 2. The molecular formula is C27H55NO2. The van der Waals surface area contributed by atoms with Crippen LogP contribution in [0.5, 0.6) is 0 Å². The van der Waals surface area contributed by atoms with E-state index in [9.17, 15) is 4.79 Å². The van der Waals surface area contributed by atoms with Crippen LogP contribution in [-0.4, -0.2) is 23.7 Å². The molecule has 0 aliphatic heterocycles. The van der Waals surface area contributed by atoms with Crippen LogP contribution in [0.4, 0.5) is 0 Å². The van der Waals surface area contributed by atoms with Crippen molar-refractivity contribution in [3.8, 4) is 0 Å². The van der Waals surface area contributed by atoms with Gasteiger partial charge in [0.15, 0.2) is 0 Å². The quantitative estimate of drug-likeness (QED) is 0.153. The molecule has 0 spiro atoms. The molecule has 0 bridgehead atoms. The van der Waals surface area contributed by atoms with Crippen LogP contribution in [0.15, 0.2) is 0 Å². The number of carbonyl (C=O) groups is 1. The fraction of sp³-hybridized carbons (Fsp3) is 0.963. The molecule has 0 rings (SSSR count). The van der Waals surface area contributed by atoms with E-state index in [0.717, 1.165) is 12.8 Å². The largest absolute Gasteiger partial charge is 0.396 e. The minimum atomic E-state index is 0.142. The fourth-order valence-corrected chi connectivity index (χ4v) is 4.20. The van der Waals surface area contributed by atoms with Crippen molar-refractivity contribution in [2.24, 2.45) is 0 Å². The lowest BCUT2D eigenvalue weighted by atomic mass is 10.0. The maximum absolute atomic E-state index is 11.9. The van der Waals surface area contributed by atoms with E-state index in [0.29, 0.717) is 12.8 Å². The molecule has 1 unspecified atom stereocenters. The number of amides is 1. The monoisotopic (exact) mass is 425 g/mol. The molecule has 180 valence electrons. The van der Waals surface area contributed by atoms with Crippen molar-refractivity contribution in [2.45, 2.75) is 161 Å². The van der Waals surface area contributed by atoms with Gasteiger partial charge < -0.3 is 10.4 Å². The predicted octanol–water partition coefficient (Wildman–Crippen LogP) is 8.09. The molecule has 30 heavy (non-hydrogen) atoms. The Morgan fingerprint density at radius 1 is 0.633 bits per heavy atom. The highest BCUT2D eigenvalue weighted by molar-refractivity contribution is 5.76. The van der Waals surface area contributed by atoms with E-state index in [4.69, 9.17) is 5.11 Å². The highest BCUT2D eigenvalue weighted by atomic mass is 16.3. The minimum Gasteiger partial charge on any atom is -0.396 e. The van der Waals surface area contributed by atoms with Crippen LogP contribution in [0.3, 0.4) is 0 Å². The first-order valence-corrected chi connectivity index (χ1v) is 13.6. The lowest BCUT2D eigenvalue weighted by Gasteiger charge is -2.15. The normalized spacial score (nSPS) is 12.2. The summed E-state index contributed by atoms with van der Waals surface area (Å²) >= 11 is 0. The SMILES string of the molecule is CCCCCCCCCCCCCCCCCCCCCC(=O)NC(CC)CCO. The lowest BCUT2D eigenvalue weighted by Crippen LogP contribution is -2.34. The van der Waals surface area contributed by atoms with Crippen molar-refractivity contribution in [3.05, 3.63) is 0 Å². The molecule has 0 aromatic heterocycles. The number of nitrogens with one attached hydrogen (secondary N) is 1. The maximum Gasteiger partial charge on any atom is 0.220 e. The van der Waals surface area contributed by atoms with Gasteiger partial charge in [0.05, 0.1) is 0 Å². The van der Waals surface area contributed by atoms with E-state index >= 15 is 0 Å². The second-order valence-electron chi connectivity index (χ2n) is 9.30. The van der Waals surface area contributed by atoms with Crippen molar-refractivity contribution in [1.82, 2.24) is 5.32 Å². The molecule has 0 aromatic rings. The summed E-state index contributed by atoms with van der Waals surface area (Å²) in [7, 11) is 0. The van der Waals surface area contributed by atoms with Crippen molar-refractivity contribution >= 4 is 5.91 Å². The number of rotatable bonds is 24. The van der Waals surface area contributed by atoms with Gasteiger partial charge in [0.2, 0.25) is 5.91 Å². The van der Waals surface area contributed by atoms with E-state index in [1.807, 2.05) is 0 Å². The summed E-state index contributed by atoms with van der Waals surface area (Å²) < 4.78 is 0. The topological polar surface area (TPSA) is 49.3 Å². The molecular weight excluding hydrogens is 370 g/mol. The van der Waals surface area contributed by atoms with Crippen molar-refractivity contribution < 1.29 is 9.90 Å². The van der Waals surface area contributed by atoms with Gasteiger partial charge in [0, 0.05) is 19.1 Å². The number of unbranched alkanes of at least 4 members (excludes halogenated alkanes) is 18. The standard InChI is InChI=1S/C27H55NO2/c1-3-5-6-7-8-9-10-11-12-13-14-15-16-17-18-19-20-21-22-23-27(30)28-26(4-2)24-25-29/h26,29H,3-25H2,1-2H3,(H,28,30). The Balaban J connectivity index is 3.18. The Bertz CT molecular complexity index is 346. The van der Waals surface area contributed by atoms with E-state index in [1.165, 1.54) is 116 Å². The second-order valence-corrected chi connectivity index (χ2v) is 9.30. The molecule has 1 amide bonds. The van der Waals surface area contributed by atoms with Crippen molar-refractivity contribution in [3.63, 3.8) is 0 Å². The first-order chi connectivity index (χ1) is 14.7. The van der Waals surface area contributed by atoms with Gasteiger partial charge in [-0.3, -0.25) is 4.79 Å². The van der Waals surface area contributed by atoms with Gasteiger partial charge in [-0.1, -0.05) is 129 Å². The Kier molecular flexibility index (Phi) is 24.2. The predicted molar refractivity (Wildman–Crippen MR) is 132 cm³/mol. The first kappa shape index (κ1) is 29.4. The van der Waals surface area contributed by atoms with Crippen LogP contribution < -0.4 is 5.32 Å². The molecule has 0 heterocycles. The molecule has 0 saturated carbocycles. The zero-order chi connectivity index (χ0) is 22.1. The zero-order valence-corrected chi connectivity index (χ0v) is 20.7. The molecule has 0 saturated heterocycles. The Morgan fingerprint density at radius 3 is 1.33 bits per heavy atom. The van der Waals surface area contributed by atoms with Crippen molar-refractivity contribution in [1.29, 1.82) is 0 Å². The molecule has 3 heteroatoms. The average Bonchev–Trinajstić information content (AvgIpc) is 2.75. The van der Waals surface area contributed by atoms with Gasteiger partial charge in [-0.2, -0.15) is 0 Å². The maximum atomic E-state index is 11.9. The van der Waals surface area contributed by atoms with Gasteiger partial charge in [-0.15, -0.1) is 0 Å². The van der Waals surface area contributed by atoms with E-state index in [-0.39, 0.29) is 18.6 Å². The average molecular weight is 426 g/mol. The van der Waals surface area contributed by atoms with Crippen LogP contribution in [0.2, 0.25) is 0 Å². The summed E-state index contributed by atoms with van der Waals surface area (Å²) in [5, 5.41) is 12.0. The van der Waals surface area contributed by atoms with Crippen LogP contribution >= 0.6 is 0 Å². The Morgan fingerprint density at radius 2 is 1.00 bits per heavy atom. The Hall–Kier alpha value is -0.570. The molecule has 3 nitrogen and oxygen atoms in total. The van der Waals surface area contributed by atoms with Crippen LogP contribution in [0.1, 0.15) is 155 Å². The van der Waals surface area contributed by atoms with Gasteiger partial charge in [0.1, 0.15) is 0 Å². The number of aliphatic hydroxyl groups excluding tert-OH is 1. The van der Waals surface area contributed by atoms with Crippen LogP contribution in [0, 0.1) is 0 Å². The lowest BCUT2D eigenvalue weighted by molar-refractivity contribution is -0.122. The summed E-state index contributed by atoms with van der Waals surface area (Å²) in [6.07, 6.45) is 28.3. The summed E-state index contributed by atoms with van der Waals surface area (Å²) in [6, 6.07) is 0.142. The highest BCUT2D eigenvalue weighted by Crippen LogP contribution is 2.14. The number of hydrogen-bond acceptors (Lipinski definition) is 2. The summed E-state index contributed by atoms with van der Waals surface area (Å²) in [5.41, 5.74) is 0. The summed E-state index contributed by atoms with van der Waals surface area (Å²) in [6.45, 7) is 4.49. The smallest absolute Gasteiger partial charge is 0.220 e. The minimum absolute atomic E-state index is 0.142. The van der Waals surface area contributed by atoms with E-state index < -0.39 is 0 Å². The third-order valence-corrected chi connectivity index (χ3v) is 6.34. The third kappa shape index (κ3) is 22.1. The van der Waals surface area contributed by atoms with Gasteiger partial charge in [-0.25, -0.2) is 0 Å². The molecule has 0 radical (unpaired) electrons. The summed E-state index contributed by atoms with van der Waals surface area (Å²) in [5.74, 6) is 0.155. The highest BCUT2D eigenvalue weighted by Gasteiger charge is 2.09. The first-order valence-electron chi connectivity index (χ1n) is 13.6. The fourth-order valence-electron chi connectivity index (χ4n) is 4.20. The third-order valence-electron chi connectivity index (χ3n) is 6.34. The van der Waals surface area contributed by atoms with Crippen LogP contribution in [0.25, 0.3) is 0 Å². The second kappa shape index (κ2) is 24.7. The molecule has 0 aliphatic rings. The number of aliphatic hydroxyl groups is 1. The van der Waals surface area contributed by atoms with Crippen LogP contribution in [-0.2, 0) is 4.79 Å². The molecule has 0 fully saturated rings. The molecule has 1 atom stereocenters. The molecule has 0 aromatic carbocycles. The van der Waals surface area contributed by atoms with Gasteiger partial charge in [-0.05, 0) is 19.3 Å². The molecule has 2 N–H and O–H groups in total.